The first-order valence-electron chi connectivity index (χ1n) is 10.3. The summed E-state index contributed by atoms with van der Waals surface area (Å²) >= 11 is 7.16. The van der Waals surface area contributed by atoms with Gasteiger partial charge in [0.25, 0.3) is 0 Å². The number of aromatic nitrogens is 7. The molecular formula is C23H16ClF2N7OS. The van der Waals surface area contributed by atoms with Gasteiger partial charge in [0.05, 0.1) is 5.69 Å². The highest BCUT2D eigenvalue weighted by molar-refractivity contribution is 7.98. The molecule has 0 amide bonds. The minimum atomic E-state index is -0.636. The molecule has 0 radical (unpaired) electrons. The van der Waals surface area contributed by atoms with Crippen LogP contribution >= 0.6 is 23.4 Å². The average Bonchev–Trinajstić information content (AvgIpc) is 3.43. The first-order valence-corrected chi connectivity index (χ1v) is 11.7. The van der Waals surface area contributed by atoms with E-state index in [-0.39, 0.29) is 12.3 Å². The molecule has 0 saturated carbocycles. The lowest BCUT2D eigenvalue weighted by Crippen LogP contribution is -2.25. The van der Waals surface area contributed by atoms with E-state index in [1.165, 1.54) is 28.6 Å². The monoisotopic (exact) mass is 511 g/mol. The van der Waals surface area contributed by atoms with Gasteiger partial charge in [0.2, 0.25) is 0 Å². The number of halogens is 3. The molecule has 5 aromatic rings. The molecule has 0 aliphatic carbocycles. The second-order valence-electron chi connectivity index (χ2n) is 7.40. The standard InChI is InChI=1S/C23H16ClF2N7OS/c24-16-7-10-19(11-8-16)33-23(34)31(29-30-33)13-21-27-28-22(32(21)18-4-2-1-3-5-18)35-14-15-6-9-17(25)12-20(15)26/h1-12H,13-14H2. The van der Waals surface area contributed by atoms with E-state index in [1.807, 2.05) is 30.3 Å². The quantitative estimate of drug-likeness (QED) is 0.303. The molecule has 0 bridgehead atoms. The van der Waals surface area contributed by atoms with E-state index in [1.54, 1.807) is 28.8 Å². The van der Waals surface area contributed by atoms with Gasteiger partial charge in [-0.3, -0.25) is 4.57 Å². The Morgan fingerprint density at radius 2 is 1.66 bits per heavy atom. The van der Waals surface area contributed by atoms with Gasteiger partial charge >= 0.3 is 5.69 Å². The van der Waals surface area contributed by atoms with Crippen molar-refractivity contribution in [1.82, 2.24) is 34.6 Å². The predicted octanol–water partition coefficient (Wildman–Crippen LogP) is 4.28. The van der Waals surface area contributed by atoms with E-state index in [4.69, 9.17) is 11.6 Å². The molecule has 35 heavy (non-hydrogen) atoms. The molecule has 2 aromatic heterocycles. The van der Waals surface area contributed by atoms with Crippen molar-refractivity contribution in [2.24, 2.45) is 0 Å². The second kappa shape index (κ2) is 9.80. The molecule has 3 aromatic carbocycles. The minimum Gasteiger partial charge on any atom is -0.272 e. The molecule has 0 aliphatic heterocycles. The molecule has 12 heteroatoms. The lowest BCUT2D eigenvalue weighted by atomic mass is 10.2. The van der Waals surface area contributed by atoms with E-state index in [0.717, 1.165) is 16.4 Å². The maximum Gasteiger partial charge on any atom is 0.368 e. The summed E-state index contributed by atoms with van der Waals surface area (Å²) in [5, 5.41) is 17.5. The van der Waals surface area contributed by atoms with Crippen molar-refractivity contribution in [3.05, 3.63) is 111 Å². The molecule has 0 atom stereocenters. The molecule has 8 nitrogen and oxygen atoms in total. The summed E-state index contributed by atoms with van der Waals surface area (Å²) in [5.41, 5.74) is 1.15. The number of rotatable bonds is 7. The smallest absolute Gasteiger partial charge is 0.272 e. The fraction of sp³-hybridized carbons (Fsp3) is 0.0870. The van der Waals surface area contributed by atoms with Gasteiger partial charge in [-0.05, 0) is 58.5 Å². The molecule has 0 saturated heterocycles. The van der Waals surface area contributed by atoms with Crippen molar-refractivity contribution in [2.75, 3.05) is 0 Å². The molecule has 0 spiro atoms. The Kier molecular flexibility index (Phi) is 6.43. The molecule has 0 unspecified atom stereocenters. The zero-order valence-electron chi connectivity index (χ0n) is 17.9. The van der Waals surface area contributed by atoms with Crippen molar-refractivity contribution in [1.29, 1.82) is 0 Å². The van der Waals surface area contributed by atoms with Crippen molar-refractivity contribution in [2.45, 2.75) is 17.5 Å². The number of thioether (sulfide) groups is 1. The highest BCUT2D eigenvalue weighted by Crippen LogP contribution is 2.26. The van der Waals surface area contributed by atoms with Crippen LogP contribution in [0.25, 0.3) is 11.4 Å². The maximum absolute atomic E-state index is 14.1. The van der Waals surface area contributed by atoms with Crippen molar-refractivity contribution >= 4 is 23.4 Å². The van der Waals surface area contributed by atoms with E-state index < -0.39 is 17.3 Å². The van der Waals surface area contributed by atoms with Crippen LogP contribution in [0.1, 0.15) is 11.4 Å². The van der Waals surface area contributed by atoms with Crippen molar-refractivity contribution < 1.29 is 8.78 Å². The van der Waals surface area contributed by atoms with Crippen LogP contribution in [-0.4, -0.2) is 34.6 Å². The van der Waals surface area contributed by atoms with Crippen molar-refractivity contribution in [3.8, 4) is 11.4 Å². The third-order valence-corrected chi connectivity index (χ3v) is 6.32. The van der Waals surface area contributed by atoms with Gasteiger partial charge in [-0.2, -0.15) is 9.36 Å². The first kappa shape index (κ1) is 22.9. The lowest BCUT2D eigenvalue weighted by Gasteiger charge is -2.10. The van der Waals surface area contributed by atoms with Crippen molar-refractivity contribution in [3.63, 3.8) is 0 Å². The van der Waals surface area contributed by atoms with Gasteiger partial charge in [-0.15, -0.1) is 10.2 Å². The summed E-state index contributed by atoms with van der Waals surface area (Å²) in [7, 11) is 0. The SMILES string of the molecule is O=c1n(Cc2nnc(SCc3ccc(F)cc3F)n2-c2ccccc2)nnn1-c1ccc(Cl)cc1. The van der Waals surface area contributed by atoms with Crippen LogP contribution in [0.4, 0.5) is 8.78 Å². The molecule has 0 N–H and O–H groups in total. The molecule has 0 aliphatic rings. The van der Waals surface area contributed by atoms with Gasteiger partial charge in [0.15, 0.2) is 11.0 Å². The molecule has 2 heterocycles. The third kappa shape index (κ3) is 4.86. The maximum atomic E-state index is 14.1. The van der Waals surface area contributed by atoms with Gasteiger partial charge in [0, 0.05) is 22.5 Å². The number of nitrogens with zero attached hydrogens (tertiary/aromatic N) is 7. The van der Waals surface area contributed by atoms with E-state index >= 15 is 0 Å². The number of benzene rings is 3. The highest BCUT2D eigenvalue weighted by atomic mass is 35.5. The average molecular weight is 512 g/mol. The van der Waals surface area contributed by atoms with Gasteiger partial charge in [-0.25, -0.2) is 13.6 Å². The molecule has 5 rings (SSSR count). The van der Waals surface area contributed by atoms with Gasteiger partial charge < -0.3 is 0 Å². The summed E-state index contributed by atoms with van der Waals surface area (Å²) in [6.07, 6.45) is 0. The third-order valence-electron chi connectivity index (χ3n) is 5.09. The number of hydrogen-bond acceptors (Lipinski definition) is 6. The Morgan fingerprint density at radius 1 is 0.886 bits per heavy atom. The van der Waals surface area contributed by atoms with Crippen LogP contribution in [0.15, 0.2) is 82.7 Å². The van der Waals surface area contributed by atoms with E-state index in [0.29, 0.717) is 27.3 Å². The normalized spacial score (nSPS) is 11.2. The Labute approximate surface area is 206 Å². The molecular weight excluding hydrogens is 496 g/mol. The van der Waals surface area contributed by atoms with Crippen LogP contribution in [0.3, 0.4) is 0 Å². The highest BCUT2D eigenvalue weighted by Gasteiger charge is 2.18. The van der Waals surface area contributed by atoms with Gasteiger partial charge in [0.1, 0.15) is 18.2 Å². The second-order valence-corrected chi connectivity index (χ2v) is 8.78. The fourth-order valence-electron chi connectivity index (χ4n) is 3.37. The summed E-state index contributed by atoms with van der Waals surface area (Å²) < 4.78 is 31.5. The van der Waals surface area contributed by atoms with E-state index in [2.05, 4.69) is 20.6 Å². The van der Waals surface area contributed by atoms with Crippen LogP contribution in [-0.2, 0) is 12.3 Å². The largest absolute Gasteiger partial charge is 0.368 e. The minimum absolute atomic E-state index is 0.000212. The predicted molar refractivity (Wildman–Crippen MR) is 127 cm³/mol. The summed E-state index contributed by atoms with van der Waals surface area (Å²) in [4.78, 5) is 12.9. The first-order chi connectivity index (χ1) is 17.0. The van der Waals surface area contributed by atoms with E-state index in [9.17, 15) is 13.6 Å². The fourth-order valence-corrected chi connectivity index (χ4v) is 4.45. The van der Waals surface area contributed by atoms with Gasteiger partial charge in [-0.1, -0.05) is 47.6 Å². The summed E-state index contributed by atoms with van der Waals surface area (Å²) in [6, 6.07) is 19.4. The Balaban J connectivity index is 1.46. The summed E-state index contributed by atoms with van der Waals surface area (Å²) in [6.45, 7) is -0.000212. The molecule has 0 fully saturated rings. The van der Waals surface area contributed by atoms with Crippen LogP contribution in [0.2, 0.25) is 5.02 Å². The molecule has 176 valence electrons. The number of hydrogen-bond donors (Lipinski definition) is 0. The van der Waals surface area contributed by atoms with Crippen LogP contribution < -0.4 is 5.69 Å². The lowest BCUT2D eigenvalue weighted by molar-refractivity contribution is 0.576. The topological polar surface area (TPSA) is 83.4 Å². The van der Waals surface area contributed by atoms with Crippen LogP contribution in [0, 0.1) is 11.6 Å². The Morgan fingerprint density at radius 3 is 2.40 bits per heavy atom. The Hall–Kier alpha value is -3.83. The number of tetrazole rings is 1. The summed E-state index contributed by atoms with van der Waals surface area (Å²) in [5.74, 6) is -0.621. The zero-order valence-corrected chi connectivity index (χ0v) is 19.5. The Bertz CT molecular complexity index is 1530. The zero-order chi connectivity index (χ0) is 24.4. The number of para-hydroxylation sites is 1. The van der Waals surface area contributed by atoms with Crippen LogP contribution in [0.5, 0.6) is 0 Å².